The average molecular weight is 299 g/mol. The fraction of sp³-hybridized carbons (Fsp3) is 0.294. The van der Waals surface area contributed by atoms with Crippen LogP contribution in [0, 0.1) is 0 Å². The molecule has 5 heteroatoms. The summed E-state index contributed by atoms with van der Waals surface area (Å²) < 4.78 is 5.09. The van der Waals surface area contributed by atoms with Crippen molar-refractivity contribution in [3.63, 3.8) is 0 Å². The van der Waals surface area contributed by atoms with Gasteiger partial charge in [0.25, 0.3) is 5.91 Å². The molecule has 0 aliphatic heterocycles. The van der Waals surface area contributed by atoms with Gasteiger partial charge in [-0.05, 0) is 50.0 Å². The van der Waals surface area contributed by atoms with Crippen LogP contribution in [0.15, 0.2) is 48.8 Å². The lowest BCUT2D eigenvalue weighted by atomic mass is 10.1. The molecular formula is C17H21N3O2. The zero-order valence-electron chi connectivity index (χ0n) is 13.1. The molecule has 0 saturated carbocycles. The molecule has 0 saturated heterocycles. The number of rotatable bonds is 6. The number of likely N-dealkylation sites (N-methyl/N-ethyl adjacent to an activating group) is 1. The minimum atomic E-state index is -0.0987. The Kier molecular flexibility index (Phi) is 5.49. The van der Waals surface area contributed by atoms with E-state index in [0.717, 1.165) is 11.3 Å². The van der Waals surface area contributed by atoms with Gasteiger partial charge < -0.3 is 15.0 Å². The highest BCUT2D eigenvalue weighted by atomic mass is 16.5. The number of pyridine rings is 1. The van der Waals surface area contributed by atoms with E-state index in [1.54, 1.807) is 37.6 Å². The van der Waals surface area contributed by atoms with E-state index in [1.165, 1.54) is 0 Å². The van der Waals surface area contributed by atoms with E-state index in [0.29, 0.717) is 12.1 Å². The highest BCUT2D eigenvalue weighted by Gasteiger charge is 2.16. The van der Waals surface area contributed by atoms with Crippen molar-refractivity contribution >= 4 is 5.91 Å². The van der Waals surface area contributed by atoms with Crippen LogP contribution >= 0.6 is 0 Å². The van der Waals surface area contributed by atoms with Gasteiger partial charge in [-0.15, -0.1) is 0 Å². The van der Waals surface area contributed by atoms with Crippen LogP contribution in [-0.4, -0.2) is 43.5 Å². The molecule has 1 atom stereocenters. The van der Waals surface area contributed by atoms with Gasteiger partial charge in [-0.2, -0.15) is 0 Å². The SMILES string of the molecule is COc1ccc(C(=O)NCC(c2cccnc2)N(C)C)cc1. The maximum atomic E-state index is 12.2. The Morgan fingerprint density at radius 2 is 2.00 bits per heavy atom. The van der Waals surface area contributed by atoms with Crippen molar-refractivity contribution in [2.45, 2.75) is 6.04 Å². The van der Waals surface area contributed by atoms with E-state index in [1.807, 2.05) is 32.4 Å². The molecule has 1 aromatic heterocycles. The molecule has 1 aromatic carbocycles. The number of benzene rings is 1. The summed E-state index contributed by atoms with van der Waals surface area (Å²) in [7, 11) is 5.57. The number of hydrogen-bond acceptors (Lipinski definition) is 4. The number of carbonyl (C=O) groups excluding carboxylic acids is 1. The van der Waals surface area contributed by atoms with Crippen molar-refractivity contribution in [1.82, 2.24) is 15.2 Å². The van der Waals surface area contributed by atoms with Crippen LogP contribution in [0.25, 0.3) is 0 Å². The second kappa shape index (κ2) is 7.56. The minimum absolute atomic E-state index is 0.0795. The molecule has 0 bridgehead atoms. The minimum Gasteiger partial charge on any atom is -0.497 e. The van der Waals surface area contributed by atoms with Crippen LogP contribution in [0.4, 0.5) is 0 Å². The summed E-state index contributed by atoms with van der Waals surface area (Å²) in [4.78, 5) is 18.4. The van der Waals surface area contributed by atoms with Crippen LogP contribution in [0.5, 0.6) is 5.75 Å². The number of methoxy groups -OCH3 is 1. The number of hydrogen-bond donors (Lipinski definition) is 1. The van der Waals surface area contributed by atoms with Gasteiger partial charge in [0.15, 0.2) is 0 Å². The number of amides is 1. The normalized spacial score (nSPS) is 12.0. The van der Waals surface area contributed by atoms with Gasteiger partial charge in [0.1, 0.15) is 5.75 Å². The van der Waals surface area contributed by atoms with Crippen LogP contribution in [-0.2, 0) is 0 Å². The molecule has 1 heterocycles. The van der Waals surface area contributed by atoms with Gasteiger partial charge in [-0.25, -0.2) is 0 Å². The summed E-state index contributed by atoms with van der Waals surface area (Å²) in [6.45, 7) is 0.517. The molecule has 5 nitrogen and oxygen atoms in total. The predicted octanol–water partition coefficient (Wildman–Crippen LogP) is 2.12. The second-order valence-electron chi connectivity index (χ2n) is 5.20. The number of nitrogens with zero attached hydrogens (tertiary/aromatic N) is 2. The van der Waals surface area contributed by atoms with Crippen LogP contribution in [0.3, 0.4) is 0 Å². The first-order chi connectivity index (χ1) is 10.6. The van der Waals surface area contributed by atoms with Crippen molar-refractivity contribution in [1.29, 1.82) is 0 Å². The zero-order chi connectivity index (χ0) is 15.9. The first-order valence-electron chi connectivity index (χ1n) is 7.10. The molecule has 0 aliphatic carbocycles. The Bertz CT molecular complexity index is 597. The Morgan fingerprint density at radius 3 is 2.55 bits per heavy atom. The van der Waals surface area contributed by atoms with Crippen molar-refractivity contribution in [3.8, 4) is 5.75 Å². The molecule has 2 aromatic rings. The molecule has 116 valence electrons. The maximum Gasteiger partial charge on any atom is 0.251 e. The fourth-order valence-electron chi connectivity index (χ4n) is 2.21. The van der Waals surface area contributed by atoms with Gasteiger partial charge >= 0.3 is 0 Å². The van der Waals surface area contributed by atoms with Gasteiger partial charge in [0, 0.05) is 24.5 Å². The molecule has 0 aliphatic rings. The van der Waals surface area contributed by atoms with Crippen LogP contribution in [0.1, 0.15) is 22.0 Å². The molecule has 0 radical (unpaired) electrons. The first-order valence-corrected chi connectivity index (χ1v) is 7.10. The zero-order valence-corrected chi connectivity index (χ0v) is 13.1. The lowest BCUT2D eigenvalue weighted by molar-refractivity contribution is 0.0942. The monoisotopic (exact) mass is 299 g/mol. The standard InChI is InChI=1S/C17H21N3O2/c1-20(2)16(14-5-4-10-18-11-14)12-19-17(21)13-6-8-15(22-3)9-7-13/h4-11,16H,12H2,1-3H3,(H,19,21). The summed E-state index contributed by atoms with van der Waals surface area (Å²) in [6.07, 6.45) is 3.57. The topological polar surface area (TPSA) is 54.5 Å². The molecule has 22 heavy (non-hydrogen) atoms. The Labute approximate surface area is 130 Å². The van der Waals surface area contributed by atoms with E-state index in [2.05, 4.69) is 15.2 Å². The van der Waals surface area contributed by atoms with Crippen molar-refractivity contribution in [2.24, 2.45) is 0 Å². The lowest BCUT2D eigenvalue weighted by Crippen LogP contribution is -2.34. The molecular weight excluding hydrogens is 278 g/mol. The average Bonchev–Trinajstić information content (AvgIpc) is 2.55. The van der Waals surface area contributed by atoms with Crippen LogP contribution < -0.4 is 10.1 Å². The van der Waals surface area contributed by atoms with E-state index in [4.69, 9.17) is 4.74 Å². The molecule has 1 amide bonds. The third kappa shape index (κ3) is 4.05. The summed E-state index contributed by atoms with van der Waals surface area (Å²) in [5.74, 6) is 0.636. The lowest BCUT2D eigenvalue weighted by Gasteiger charge is -2.24. The number of carbonyl (C=O) groups is 1. The molecule has 0 fully saturated rings. The molecule has 2 rings (SSSR count). The van der Waals surface area contributed by atoms with E-state index >= 15 is 0 Å². The first kappa shape index (κ1) is 16.0. The van der Waals surface area contributed by atoms with Gasteiger partial charge in [0.2, 0.25) is 0 Å². The summed E-state index contributed by atoms with van der Waals surface area (Å²) in [5.41, 5.74) is 1.69. The highest BCUT2D eigenvalue weighted by molar-refractivity contribution is 5.94. The number of ether oxygens (including phenoxy) is 1. The summed E-state index contributed by atoms with van der Waals surface area (Å²) in [6, 6.07) is 11.1. The third-order valence-electron chi connectivity index (χ3n) is 3.50. The van der Waals surface area contributed by atoms with E-state index < -0.39 is 0 Å². The van der Waals surface area contributed by atoms with Crippen molar-refractivity contribution in [2.75, 3.05) is 27.7 Å². The Balaban J connectivity index is 2.01. The van der Waals surface area contributed by atoms with Gasteiger partial charge in [0.05, 0.1) is 13.2 Å². The van der Waals surface area contributed by atoms with E-state index in [9.17, 15) is 4.79 Å². The van der Waals surface area contributed by atoms with Crippen molar-refractivity contribution in [3.05, 3.63) is 59.9 Å². The summed E-state index contributed by atoms with van der Waals surface area (Å²) in [5, 5.41) is 2.97. The van der Waals surface area contributed by atoms with Gasteiger partial charge in [-0.1, -0.05) is 6.07 Å². The Morgan fingerprint density at radius 1 is 1.27 bits per heavy atom. The maximum absolute atomic E-state index is 12.2. The third-order valence-corrected chi connectivity index (χ3v) is 3.50. The largest absolute Gasteiger partial charge is 0.497 e. The molecule has 1 unspecified atom stereocenters. The Hall–Kier alpha value is -2.40. The number of aromatic nitrogens is 1. The van der Waals surface area contributed by atoms with Crippen molar-refractivity contribution < 1.29 is 9.53 Å². The predicted molar refractivity (Wildman–Crippen MR) is 86.0 cm³/mol. The molecule has 0 spiro atoms. The van der Waals surface area contributed by atoms with Gasteiger partial charge in [-0.3, -0.25) is 9.78 Å². The molecule has 1 N–H and O–H groups in total. The second-order valence-corrected chi connectivity index (χ2v) is 5.20. The van der Waals surface area contributed by atoms with Crippen LogP contribution in [0.2, 0.25) is 0 Å². The smallest absolute Gasteiger partial charge is 0.251 e. The highest BCUT2D eigenvalue weighted by Crippen LogP contribution is 2.16. The fourth-order valence-corrected chi connectivity index (χ4v) is 2.21. The quantitative estimate of drug-likeness (QED) is 0.888. The summed E-state index contributed by atoms with van der Waals surface area (Å²) >= 11 is 0. The van der Waals surface area contributed by atoms with E-state index in [-0.39, 0.29) is 11.9 Å². The number of nitrogens with one attached hydrogen (secondary N) is 1.